The molecule has 2 atom stereocenters. The van der Waals surface area contributed by atoms with Crippen LogP contribution in [0.5, 0.6) is 5.75 Å². The van der Waals surface area contributed by atoms with Crippen LogP contribution in [0.1, 0.15) is 16.7 Å². The zero-order valence-corrected chi connectivity index (χ0v) is 18.5. The Morgan fingerprint density at radius 2 is 1.85 bits per heavy atom. The number of benzene rings is 2. The molecule has 33 heavy (non-hydrogen) atoms. The number of carbonyl (C=O) groups excluding carboxylic acids is 1. The molecule has 2 amide bonds. The van der Waals surface area contributed by atoms with E-state index in [1.807, 2.05) is 24.3 Å². The number of hydrogen-bond acceptors (Lipinski definition) is 4. The van der Waals surface area contributed by atoms with Crippen molar-refractivity contribution in [3.05, 3.63) is 65.2 Å². The predicted octanol–water partition coefficient (Wildman–Crippen LogP) is 3.52. The van der Waals surface area contributed by atoms with E-state index in [1.165, 1.54) is 12.1 Å². The highest BCUT2D eigenvalue weighted by Gasteiger charge is 2.30. The molecule has 0 aliphatic carbocycles. The molecule has 1 fully saturated rings. The van der Waals surface area contributed by atoms with E-state index in [0.29, 0.717) is 38.1 Å². The summed E-state index contributed by atoms with van der Waals surface area (Å²) in [4.78, 5) is 14.3. The van der Waals surface area contributed by atoms with E-state index in [0.717, 1.165) is 23.4 Å². The molecule has 0 spiro atoms. The maximum atomic E-state index is 12.7. The first-order chi connectivity index (χ1) is 15.8. The van der Waals surface area contributed by atoms with Crippen LogP contribution in [-0.4, -0.2) is 62.1 Å². The van der Waals surface area contributed by atoms with Crippen molar-refractivity contribution >= 4 is 6.03 Å². The van der Waals surface area contributed by atoms with Crippen molar-refractivity contribution < 1.29 is 32.5 Å². The monoisotopic (exact) mass is 466 g/mol. The highest BCUT2D eigenvalue weighted by molar-refractivity contribution is 5.74. The van der Waals surface area contributed by atoms with Crippen molar-refractivity contribution in [3.8, 4) is 5.75 Å². The summed E-state index contributed by atoms with van der Waals surface area (Å²) in [5, 5.41) is 12.5. The Labute approximate surface area is 191 Å². The Morgan fingerprint density at radius 1 is 1.18 bits per heavy atom. The molecule has 0 bridgehead atoms. The van der Waals surface area contributed by atoms with Gasteiger partial charge in [0, 0.05) is 38.6 Å². The summed E-state index contributed by atoms with van der Waals surface area (Å²) in [7, 11) is 1.61. The van der Waals surface area contributed by atoms with Crippen LogP contribution in [0.3, 0.4) is 0 Å². The molecule has 2 aromatic rings. The Kier molecular flexibility index (Phi) is 8.57. The molecule has 0 radical (unpaired) electrons. The van der Waals surface area contributed by atoms with Gasteiger partial charge < -0.3 is 24.8 Å². The minimum Gasteiger partial charge on any atom is -0.497 e. The largest absolute Gasteiger partial charge is 0.497 e. The van der Waals surface area contributed by atoms with Crippen molar-refractivity contribution in [2.45, 2.75) is 25.1 Å². The SMILES string of the molecule is COc1ccc(C[C@H]2CN(C(=O)NC[C@@H](CO)Cc3ccc(C(F)(F)F)cc3)CCO2)cc1. The number of rotatable bonds is 8. The first-order valence-electron chi connectivity index (χ1n) is 10.8. The number of halogens is 3. The number of nitrogens with one attached hydrogen (secondary N) is 1. The van der Waals surface area contributed by atoms with Crippen LogP contribution in [0.15, 0.2) is 48.5 Å². The molecule has 180 valence electrons. The molecule has 0 aromatic heterocycles. The summed E-state index contributed by atoms with van der Waals surface area (Å²) in [6, 6.07) is 12.3. The number of aliphatic hydroxyl groups excluding tert-OH is 1. The second kappa shape index (κ2) is 11.4. The van der Waals surface area contributed by atoms with Gasteiger partial charge in [0.2, 0.25) is 0 Å². The molecule has 0 saturated carbocycles. The number of nitrogens with zero attached hydrogens (tertiary/aromatic N) is 1. The second-order valence-corrected chi connectivity index (χ2v) is 8.12. The minimum absolute atomic E-state index is 0.126. The first-order valence-corrected chi connectivity index (χ1v) is 10.8. The molecule has 2 aromatic carbocycles. The Hall–Kier alpha value is -2.78. The standard InChI is InChI=1S/C24H29F3N2O4/c1-32-21-8-4-18(5-9-21)13-22-15-29(10-11-33-22)23(31)28-14-19(16-30)12-17-2-6-20(7-3-17)24(25,26)27/h2-9,19,22,30H,10-16H2,1H3,(H,28,31)/t19-,22-/m0/s1. The number of carbonyl (C=O) groups is 1. The zero-order chi connectivity index (χ0) is 23.8. The fourth-order valence-electron chi connectivity index (χ4n) is 3.76. The van der Waals surface area contributed by atoms with Gasteiger partial charge in [-0.25, -0.2) is 4.79 Å². The van der Waals surface area contributed by atoms with Crippen LogP contribution in [-0.2, 0) is 23.8 Å². The zero-order valence-electron chi connectivity index (χ0n) is 18.5. The molecule has 1 heterocycles. The Morgan fingerprint density at radius 3 is 2.45 bits per heavy atom. The van der Waals surface area contributed by atoms with Gasteiger partial charge in [-0.05, 0) is 41.8 Å². The van der Waals surface area contributed by atoms with E-state index in [2.05, 4.69) is 5.32 Å². The van der Waals surface area contributed by atoms with Crippen LogP contribution in [0.4, 0.5) is 18.0 Å². The molecule has 1 aliphatic rings. The summed E-state index contributed by atoms with van der Waals surface area (Å²) >= 11 is 0. The van der Waals surface area contributed by atoms with Crippen LogP contribution < -0.4 is 10.1 Å². The van der Waals surface area contributed by atoms with E-state index in [4.69, 9.17) is 9.47 Å². The van der Waals surface area contributed by atoms with E-state index >= 15 is 0 Å². The molecule has 9 heteroatoms. The molecule has 3 rings (SSSR count). The Balaban J connectivity index is 1.47. The number of methoxy groups -OCH3 is 1. The van der Waals surface area contributed by atoms with Crippen molar-refractivity contribution in [1.82, 2.24) is 10.2 Å². The lowest BCUT2D eigenvalue weighted by atomic mass is 9.99. The van der Waals surface area contributed by atoms with Crippen molar-refractivity contribution in [3.63, 3.8) is 0 Å². The quantitative estimate of drug-likeness (QED) is 0.625. The van der Waals surface area contributed by atoms with Crippen LogP contribution in [0, 0.1) is 5.92 Å². The summed E-state index contributed by atoms with van der Waals surface area (Å²) in [6.07, 6.45) is -3.48. The van der Waals surface area contributed by atoms with Crippen molar-refractivity contribution in [2.75, 3.05) is 40.0 Å². The van der Waals surface area contributed by atoms with Crippen molar-refractivity contribution in [2.24, 2.45) is 5.92 Å². The highest BCUT2D eigenvalue weighted by Crippen LogP contribution is 2.29. The second-order valence-electron chi connectivity index (χ2n) is 8.12. The van der Waals surface area contributed by atoms with E-state index < -0.39 is 11.7 Å². The van der Waals surface area contributed by atoms with Gasteiger partial charge in [0.25, 0.3) is 0 Å². The number of ether oxygens (including phenoxy) is 2. The number of amides is 2. The number of urea groups is 1. The molecule has 0 unspecified atom stereocenters. The van der Waals surface area contributed by atoms with Gasteiger partial charge in [-0.1, -0.05) is 24.3 Å². The summed E-state index contributed by atoms with van der Waals surface area (Å²) in [5.74, 6) is 0.473. The van der Waals surface area contributed by atoms with E-state index in [-0.39, 0.29) is 31.2 Å². The van der Waals surface area contributed by atoms with Gasteiger partial charge in [-0.3, -0.25) is 0 Å². The average Bonchev–Trinajstić information content (AvgIpc) is 2.82. The minimum atomic E-state index is -4.38. The number of aliphatic hydroxyl groups is 1. The summed E-state index contributed by atoms with van der Waals surface area (Å²) in [6.45, 7) is 1.37. The molecule has 1 aliphatic heterocycles. The van der Waals surface area contributed by atoms with Gasteiger partial charge in [0.05, 0.1) is 25.4 Å². The molecular formula is C24H29F3N2O4. The van der Waals surface area contributed by atoms with Gasteiger partial charge in [-0.15, -0.1) is 0 Å². The van der Waals surface area contributed by atoms with Crippen molar-refractivity contribution in [1.29, 1.82) is 0 Å². The van der Waals surface area contributed by atoms with Crippen LogP contribution in [0.2, 0.25) is 0 Å². The maximum Gasteiger partial charge on any atom is 0.416 e. The maximum absolute atomic E-state index is 12.7. The van der Waals surface area contributed by atoms with E-state index in [1.54, 1.807) is 12.0 Å². The fraction of sp³-hybridized carbons (Fsp3) is 0.458. The molecule has 2 N–H and O–H groups in total. The number of alkyl halides is 3. The number of hydrogen-bond donors (Lipinski definition) is 2. The smallest absolute Gasteiger partial charge is 0.416 e. The third kappa shape index (κ3) is 7.36. The average molecular weight is 467 g/mol. The third-order valence-electron chi connectivity index (χ3n) is 5.65. The van der Waals surface area contributed by atoms with Gasteiger partial charge in [0.1, 0.15) is 5.75 Å². The van der Waals surface area contributed by atoms with Gasteiger partial charge in [-0.2, -0.15) is 13.2 Å². The normalized spacial score (nSPS) is 17.5. The first kappa shape index (κ1) is 24.9. The van der Waals surface area contributed by atoms with Crippen LogP contribution >= 0.6 is 0 Å². The summed E-state index contributed by atoms with van der Waals surface area (Å²) < 4.78 is 49.1. The Bertz CT molecular complexity index is 888. The molecular weight excluding hydrogens is 437 g/mol. The lowest BCUT2D eigenvalue weighted by Gasteiger charge is -2.33. The lowest BCUT2D eigenvalue weighted by Crippen LogP contribution is -2.51. The predicted molar refractivity (Wildman–Crippen MR) is 117 cm³/mol. The van der Waals surface area contributed by atoms with Gasteiger partial charge in [0.15, 0.2) is 0 Å². The fourth-order valence-corrected chi connectivity index (χ4v) is 3.76. The molecule has 1 saturated heterocycles. The van der Waals surface area contributed by atoms with Crippen LogP contribution in [0.25, 0.3) is 0 Å². The molecule has 6 nitrogen and oxygen atoms in total. The lowest BCUT2D eigenvalue weighted by molar-refractivity contribution is -0.137. The van der Waals surface area contributed by atoms with Gasteiger partial charge >= 0.3 is 12.2 Å². The van der Waals surface area contributed by atoms with E-state index in [9.17, 15) is 23.1 Å². The third-order valence-corrected chi connectivity index (χ3v) is 5.65. The topological polar surface area (TPSA) is 71.0 Å². The number of morpholine rings is 1. The highest BCUT2D eigenvalue weighted by atomic mass is 19.4. The summed E-state index contributed by atoms with van der Waals surface area (Å²) in [5.41, 5.74) is 1.04.